The van der Waals surface area contributed by atoms with Gasteiger partial charge in [-0.15, -0.1) is 11.3 Å². The van der Waals surface area contributed by atoms with Crippen LogP contribution < -0.4 is 0 Å². The third-order valence-corrected chi connectivity index (χ3v) is 6.58. The number of hydrogen-bond donors (Lipinski definition) is 0. The molecule has 0 amide bonds. The highest BCUT2D eigenvalue weighted by Gasteiger charge is 2.19. The van der Waals surface area contributed by atoms with E-state index < -0.39 is 0 Å². The van der Waals surface area contributed by atoms with Gasteiger partial charge in [0.1, 0.15) is 0 Å². The zero-order valence-electron chi connectivity index (χ0n) is 8.72. The van der Waals surface area contributed by atoms with Crippen molar-refractivity contribution in [1.29, 1.82) is 0 Å². The average Bonchev–Trinajstić information content (AvgIpc) is 2.86. The number of thiophene rings is 1. The van der Waals surface area contributed by atoms with Crippen LogP contribution in [0.5, 0.6) is 0 Å². The van der Waals surface area contributed by atoms with Crippen molar-refractivity contribution in [2.24, 2.45) is 0 Å². The molecule has 1 aliphatic heterocycles. The van der Waals surface area contributed by atoms with Gasteiger partial charge < -0.3 is 4.74 Å². The maximum absolute atomic E-state index is 6.02. The molecule has 1 saturated heterocycles. The van der Waals surface area contributed by atoms with E-state index in [-0.39, 0.29) is 0 Å². The minimum absolute atomic E-state index is 0.394. The zero-order valence-corrected chi connectivity index (χ0v) is 13.5. The minimum atomic E-state index is 0.394. The fourth-order valence-electron chi connectivity index (χ4n) is 1.86. The first kappa shape index (κ1) is 13.3. The Bertz CT molecular complexity index is 330. The van der Waals surface area contributed by atoms with E-state index in [1.807, 2.05) is 6.07 Å². The second-order valence-corrected chi connectivity index (χ2v) is 7.86. The third kappa shape index (κ3) is 3.45. The largest absolute Gasteiger partial charge is 0.378 e. The first-order valence-electron chi connectivity index (χ1n) is 5.37. The third-order valence-electron chi connectivity index (χ3n) is 2.74. The Morgan fingerprint density at radius 1 is 1.62 bits per heavy atom. The summed E-state index contributed by atoms with van der Waals surface area (Å²) in [7, 11) is 0. The summed E-state index contributed by atoms with van der Waals surface area (Å²) in [5, 5.41) is 0.807. The highest BCUT2D eigenvalue weighted by molar-refractivity contribution is 9.11. The molecule has 2 rings (SSSR count). The van der Waals surface area contributed by atoms with E-state index in [2.05, 4.69) is 31.9 Å². The summed E-state index contributed by atoms with van der Waals surface area (Å²) in [4.78, 5) is 1.68. The fourth-order valence-corrected chi connectivity index (χ4v) is 4.30. The van der Waals surface area contributed by atoms with Gasteiger partial charge in [0, 0.05) is 16.3 Å². The van der Waals surface area contributed by atoms with Crippen LogP contribution in [0.25, 0.3) is 0 Å². The molecule has 0 spiro atoms. The molecule has 1 aromatic heterocycles. The van der Waals surface area contributed by atoms with Gasteiger partial charge in [0.2, 0.25) is 0 Å². The molecule has 1 fully saturated rings. The molecular weight excluding hydrogens is 375 g/mol. The lowest BCUT2D eigenvalue weighted by Gasteiger charge is -2.11. The maximum atomic E-state index is 6.02. The van der Waals surface area contributed by atoms with Crippen LogP contribution in [0.3, 0.4) is 0 Å². The van der Waals surface area contributed by atoms with Gasteiger partial charge in [-0.2, -0.15) is 0 Å². The van der Waals surface area contributed by atoms with Crippen molar-refractivity contribution >= 4 is 54.8 Å². The lowest BCUT2D eigenvalue weighted by Crippen LogP contribution is -2.05. The highest BCUT2D eigenvalue weighted by atomic mass is 79.9. The van der Waals surface area contributed by atoms with Gasteiger partial charge in [-0.25, -0.2) is 0 Å². The van der Waals surface area contributed by atoms with Crippen LogP contribution in [0, 0.1) is 0 Å². The van der Waals surface area contributed by atoms with Crippen molar-refractivity contribution in [2.45, 2.75) is 36.6 Å². The van der Waals surface area contributed by atoms with Crippen LogP contribution in [0.15, 0.2) is 9.85 Å². The summed E-state index contributed by atoms with van der Waals surface area (Å²) in [5.41, 5.74) is 0. The molecule has 0 radical (unpaired) electrons. The Morgan fingerprint density at radius 3 is 3.00 bits per heavy atom. The summed E-state index contributed by atoms with van der Waals surface area (Å²) < 4.78 is 6.63. The molecule has 90 valence electrons. The first-order valence-corrected chi connectivity index (χ1v) is 8.27. The molecule has 0 bridgehead atoms. The van der Waals surface area contributed by atoms with Gasteiger partial charge in [-0.3, -0.25) is 0 Å². The molecule has 1 aromatic rings. The van der Waals surface area contributed by atoms with Gasteiger partial charge in [0.15, 0.2) is 0 Å². The zero-order chi connectivity index (χ0) is 11.5. The van der Waals surface area contributed by atoms with E-state index in [1.165, 1.54) is 17.7 Å². The molecule has 5 heteroatoms. The predicted molar refractivity (Wildman–Crippen MR) is 76.9 cm³/mol. The van der Waals surface area contributed by atoms with E-state index in [0.29, 0.717) is 10.9 Å². The molecule has 1 aliphatic rings. The van der Waals surface area contributed by atoms with Crippen LogP contribution in [-0.2, 0) is 4.74 Å². The lowest BCUT2D eigenvalue weighted by atomic mass is 10.1. The summed E-state index contributed by atoms with van der Waals surface area (Å²) in [6, 6.07) is 2.03. The number of halogens is 3. The second kappa shape index (κ2) is 6.19. The van der Waals surface area contributed by atoms with E-state index >= 15 is 0 Å². The van der Waals surface area contributed by atoms with Crippen molar-refractivity contribution < 1.29 is 4.74 Å². The minimum Gasteiger partial charge on any atom is -0.378 e. The van der Waals surface area contributed by atoms with E-state index in [9.17, 15) is 0 Å². The van der Waals surface area contributed by atoms with Crippen molar-refractivity contribution in [3.8, 4) is 0 Å². The highest BCUT2D eigenvalue weighted by Crippen LogP contribution is 2.40. The Labute approximate surface area is 122 Å². The first-order chi connectivity index (χ1) is 7.66. The van der Waals surface area contributed by atoms with Gasteiger partial charge in [0.25, 0.3) is 0 Å². The number of hydrogen-bond acceptors (Lipinski definition) is 2. The average molecular weight is 389 g/mol. The van der Waals surface area contributed by atoms with Gasteiger partial charge in [0.05, 0.1) is 14.9 Å². The molecule has 1 nitrogen and oxygen atoms in total. The summed E-state index contributed by atoms with van der Waals surface area (Å²) in [6.45, 7) is 0.938. The summed E-state index contributed by atoms with van der Waals surface area (Å²) in [5.74, 6) is 0. The van der Waals surface area contributed by atoms with E-state index in [4.69, 9.17) is 16.3 Å². The number of alkyl halides is 1. The monoisotopic (exact) mass is 386 g/mol. The fraction of sp³-hybridized carbons (Fsp3) is 0.636. The van der Waals surface area contributed by atoms with Crippen molar-refractivity contribution in [2.75, 3.05) is 6.61 Å². The molecule has 16 heavy (non-hydrogen) atoms. The van der Waals surface area contributed by atoms with Crippen LogP contribution in [0.2, 0.25) is 5.02 Å². The predicted octanol–water partition coefficient (Wildman–Crippen LogP) is 5.56. The Kier molecular flexibility index (Phi) is 5.16. The van der Waals surface area contributed by atoms with Crippen LogP contribution in [-0.4, -0.2) is 12.7 Å². The quantitative estimate of drug-likeness (QED) is 0.614. The van der Waals surface area contributed by atoms with Crippen molar-refractivity contribution in [1.82, 2.24) is 0 Å². The Morgan fingerprint density at radius 2 is 2.44 bits per heavy atom. The second-order valence-electron chi connectivity index (χ2n) is 3.95. The Hall–Kier alpha value is 0.910. The molecule has 0 saturated carbocycles. The SMILES string of the molecule is Clc1cc(C(Br)CCC2CCCO2)sc1Br. The molecule has 2 unspecified atom stereocenters. The van der Waals surface area contributed by atoms with Crippen molar-refractivity contribution in [3.05, 3.63) is 19.8 Å². The molecule has 0 aliphatic carbocycles. The molecular formula is C11H13Br2ClOS. The Balaban J connectivity index is 1.84. The van der Waals surface area contributed by atoms with Crippen LogP contribution in [0.1, 0.15) is 35.4 Å². The molecule has 0 aromatic carbocycles. The number of ether oxygens (including phenoxy) is 1. The smallest absolute Gasteiger partial charge is 0.0887 e. The maximum Gasteiger partial charge on any atom is 0.0887 e. The van der Waals surface area contributed by atoms with Crippen LogP contribution >= 0.6 is 54.8 Å². The standard InChI is InChI=1S/C11H13Br2ClOS/c12-8(4-3-7-2-1-5-15-7)10-6-9(14)11(13)16-10/h6-8H,1-5H2. The molecule has 2 heterocycles. The normalized spacial score (nSPS) is 22.6. The summed E-state index contributed by atoms with van der Waals surface area (Å²) in [6.07, 6.45) is 5.14. The van der Waals surface area contributed by atoms with Gasteiger partial charge >= 0.3 is 0 Å². The summed E-state index contributed by atoms with van der Waals surface area (Å²) >= 11 is 14.9. The molecule has 2 atom stereocenters. The van der Waals surface area contributed by atoms with Crippen LogP contribution in [0.4, 0.5) is 0 Å². The molecule has 0 N–H and O–H groups in total. The van der Waals surface area contributed by atoms with E-state index in [0.717, 1.165) is 28.3 Å². The van der Waals surface area contributed by atoms with E-state index in [1.54, 1.807) is 11.3 Å². The van der Waals surface area contributed by atoms with Crippen molar-refractivity contribution in [3.63, 3.8) is 0 Å². The lowest BCUT2D eigenvalue weighted by molar-refractivity contribution is 0.102. The van der Waals surface area contributed by atoms with Gasteiger partial charge in [-0.05, 0) is 47.7 Å². The number of rotatable bonds is 4. The topological polar surface area (TPSA) is 9.23 Å². The van der Waals surface area contributed by atoms with Gasteiger partial charge in [-0.1, -0.05) is 27.5 Å².